The molecule has 4 aromatic rings. The Kier molecular flexibility index (Phi) is 5.12. The Labute approximate surface area is 233 Å². The van der Waals surface area contributed by atoms with Gasteiger partial charge in [-0.2, -0.15) is 0 Å². The standard InChI is InChI=1S/C32H23BrN2O3.H2O/c33-20-15-13-19(14-16-20)27(36)28-31(22-9-1-2-11-24(22)34-30(31)38)25-12-5-17-35(25)32(28)23-10-4-7-18-6-3-8-21(26(18)23)29(32)37;/h1-4,6-11,13-16,25,28H,5,12,17H2,(H,34,38);1H2/t25-,28-,31+,32+;/m0./s1. The lowest BCUT2D eigenvalue weighted by molar-refractivity contribution is -0.122. The Morgan fingerprint density at radius 1 is 0.897 bits per heavy atom. The van der Waals surface area contributed by atoms with Crippen molar-refractivity contribution >= 4 is 49.9 Å². The molecule has 2 spiro atoms. The number of hydrogen-bond acceptors (Lipinski definition) is 4. The minimum absolute atomic E-state index is 0. The summed E-state index contributed by atoms with van der Waals surface area (Å²) in [6, 6.07) is 26.5. The zero-order valence-electron chi connectivity index (χ0n) is 20.9. The molecule has 194 valence electrons. The number of rotatable bonds is 2. The van der Waals surface area contributed by atoms with Crippen LogP contribution in [0.3, 0.4) is 0 Å². The van der Waals surface area contributed by atoms with E-state index >= 15 is 0 Å². The fraction of sp³-hybridized carbons (Fsp3) is 0.219. The van der Waals surface area contributed by atoms with Crippen LogP contribution in [0.25, 0.3) is 10.8 Å². The average Bonchev–Trinajstić information content (AvgIpc) is 3.65. The SMILES string of the molecule is O.O=C(c1ccc(Br)cc1)[C@H]1[C@]2(C(=O)Nc3ccccc32)[C@@H]2CCCN2[C@@]12C(=O)c1cccc3cccc2c13. The molecule has 39 heavy (non-hydrogen) atoms. The molecule has 3 aliphatic heterocycles. The summed E-state index contributed by atoms with van der Waals surface area (Å²) in [6.07, 6.45) is 1.61. The average molecular weight is 581 g/mol. The number of nitrogens with one attached hydrogen (secondary N) is 1. The third-order valence-electron chi connectivity index (χ3n) is 9.40. The quantitative estimate of drug-likeness (QED) is 0.336. The van der Waals surface area contributed by atoms with Crippen LogP contribution in [-0.4, -0.2) is 40.4 Å². The fourth-order valence-corrected chi connectivity index (χ4v) is 8.46. The maximum absolute atomic E-state index is 14.9. The van der Waals surface area contributed by atoms with Gasteiger partial charge in [0.2, 0.25) is 5.91 Å². The Bertz CT molecular complexity index is 1730. The summed E-state index contributed by atoms with van der Waals surface area (Å²) in [5.41, 5.74) is 1.11. The van der Waals surface area contributed by atoms with E-state index in [9.17, 15) is 14.4 Å². The van der Waals surface area contributed by atoms with Gasteiger partial charge in [0.25, 0.3) is 0 Å². The maximum Gasteiger partial charge on any atom is 0.237 e. The number of halogens is 1. The molecule has 0 bridgehead atoms. The second kappa shape index (κ2) is 8.18. The minimum atomic E-state index is -1.26. The highest BCUT2D eigenvalue weighted by molar-refractivity contribution is 9.10. The number of Topliss-reactive ketones (excluding diaryl/α,β-unsaturated/α-hetero) is 2. The summed E-state index contributed by atoms with van der Waals surface area (Å²) < 4.78 is 0.864. The lowest BCUT2D eigenvalue weighted by atomic mass is 9.59. The fourth-order valence-electron chi connectivity index (χ4n) is 8.19. The number of anilines is 1. The number of nitrogens with zero attached hydrogens (tertiary/aromatic N) is 1. The van der Waals surface area contributed by atoms with Gasteiger partial charge in [-0.05, 0) is 59.5 Å². The van der Waals surface area contributed by atoms with Gasteiger partial charge in [0.1, 0.15) is 11.0 Å². The van der Waals surface area contributed by atoms with Crippen LogP contribution in [0.5, 0.6) is 0 Å². The first kappa shape index (κ1) is 24.4. The van der Waals surface area contributed by atoms with Crippen LogP contribution in [0.2, 0.25) is 0 Å². The van der Waals surface area contributed by atoms with Gasteiger partial charge < -0.3 is 10.8 Å². The summed E-state index contributed by atoms with van der Waals surface area (Å²) in [6.45, 7) is 0.655. The zero-order valence-corrected chi connectivity index (χ0v) is 22.5. The van der Waals surface area contributed by atoms with Crippen molar-refractivity contribution in [3.8, 4) is 0 Å². The summed E-state index contributed by atoms with van der Waals surface area (Å²) in [5, 5.41) is 5.00. The first-order chi connectivity index (χ1) is 18.5. The molecule has 0 aromatic heterocycles. The maximum atomic E-state index is 14.9. The first-order valence-electron chi connectivity index (χ1n) is 13.0. The predicted octanol–water partition coefficient (Wildman–Crippen LogP) is 5.04. The van der Waals surface area contributed by atoms with E-state index in [2.05, 4.69) is 26.1 Å². The normalized spacial score (nSPS) is 28.1. The Balaban J connectivity index is 0.00000253. The largest absolute Gasteiger partial charge is 0.412 e. The third-order valence-corrected chi connectivity index (χ3v) is 9.93. The van der Waals surface area contributed by atoms with E-state index in [0.29, 0.717) is 17.7 Å². The highest BCUT2D eigenvalue weighted by Crippen LogP contribution is 2.67. The molecular formula is C32H25BrN2O4. The van der Waals surface area contributed by atoms with E-state index in [4.69, 9.17) is 0 Å². The molecule has 2 fully saturated rings. The van der Waals surface area contributed by atoms with Crippen LogP contribution in [0.4, 0.5) is 5.69 Å². The predicted molar refractivity (Wildman–Crippen MR) is 152 cm³/mol. The molecule has 4 aliphatic rings. The van der Waals surface area contributed by atoms with E-state index < -0.39 is 16.9 Å². The minimum Gasteiger partial charge on any atom is -0.412 e. The number of carbonyl (C=O) groups excluding carboxylic acids is 3. The molecule has 0 radical (unpaired) electrons. The molecule has 4 aromatic carbocycles. The molecule has 6 nitrogen and oxygen atoms in total. The van der Waals surface area contributed by atoms with Crippen LogP contribution in [0, 0.1) is 5.92 Å². The van der Waals surface area contributed by atoms with E-state index in [1.54, 1.807) is 12.1 Å². The van der Waals surface area contributed by atoms with Crippen molar-refractivity contribution < 1.29 is 19.9 Å². The van der Waals surface area contributed by atoms with Crippen molar-refractivity contribution in [2.45, 2.75) is 29.8 Å². The van der Waals surface area contributed by atoms with Gasteiger partial charge in [0.05, 0.1) is 5.92 Å². The molecular weight excluding hydrogens is 556 g/mol. The van der Waals surface area contributed by atoms with Crippen LogP contribution in [0.15, 0.2) is 89.4 Å². The highest BCUT2D eigenvalue weighted by Gasteiger charge is 2.78. The van der Waals surface area contributed by atoms with Crippen LogP contribution in [0.1, 0.15) is 44.7 Å². The number of para-hydroxylation sites is 1. The molecule has 8 rings (SSSR count). The topological polar surface area (TPSA) is 98.0 Å². The van der Waals surface area contributed by atoms with Crippen LogP contribution < -0.4 is 5.32 Å². The number of fused-ring (bicyclic) bond motifs is 6. The summed E-state index contributed by atoms with van der Waals surface area (Å²) in [4.78, 5) is 46.4. The summed E-state index contributed by atoms with van der Waals surface area (Å²) >= 11 is 3.48. The van der Waals surface area contributed by atoms with Gasteiger partial charge >= 0.3 is 0 Å². The Morgan fingerprint density at radius 3 is 2.41 bits per heavy atom. The molecule has 0 unspecified atom stereocenters. The van der Waals surface area contributed by atoms with Crippen molar-refractivity contribution in [1.82, 2.24) is 4.90 Å². The van der Waals surface area contributed by atoms with E-state index in [0.717, 1.165) is 44.9 Å². The molecule has 7 heteroatoms. The van der Waals surface area contributed by atoms with Crippen molar-refractivity contribution in [1.29, 1.82) is 0 Å². The van der Waals surface area contributed by atoms with Gasteiger partial charge in [-0.1, -0.05) is 82.7 Å². The first-order valence-corrected chi connectivity index (χ1v) is 13.8. The van der Waals surface area contributed by atoms with E-state index in [1.807, 2.05) is 72.8 Å². The summed E-state index contributed by atoms with van der Waals surface area (Å²) in [5.74, 6) is -1.34. The number of hydrogen-bond donors (Lipinski definition) is 1. The Hall–Kier alpha value is -3.65. The van der Waals surface area contributed by atoms with Gasteiger partial charge in [-0.15, -0.1) is 0 Å². The van der Waals surface area contributed by atoms with Gasteiger partial charge in [0.15, 0.2) is 11.6 Å². The monoisotopic (exact) mass is 580 g/mol. The van der Waals surface area contributed by atoms with Gasteiger partial charge in [-0.25, -0.2) is 0 Å². The smallest absolute Gasteiger partial charge is 0.237 e. The lowest BCUT2D eigenvalue weighted by Crippen LogP contribution is -2.55. The van der Waals surface area contributed by atoms with E-state index in [-0.39, 0.29) is 29.0 Å². The second-order valence-corrected chi connectivity index (χ2v) is 11.7. The van der Waals surface area contributed by atoms with E-state index in [1.165, 1.54) is 0 Å². The number of ketones is 2. The van der Waals surface area contributed by atoms with Crippen molar-refractivity contribution in [3.63, 3.8) is 0 Å². The molecule has 3 N–H and O–H groups in total. The lowest BCUT2D eigenvalue weighted by Gasteiger charge is -2.39. The van der Waals surface area contributed by atoms with Gasteiger partial charge in [-0.3, -0.25) is 19.3 Å². The van der Waals surface area contributed by atoms with Crippen molar-refractivity contribution in [3.05, 3.63) is 112 Å². The molecule has 2 saturated heterocycles. The van der Waals surface area contributed by atoms with Crippen molar-refractivity contribution in [2.75, 3.05) is 11.9 Å². The van der Waals surface area contributed by atoms with Crippen LogP contribution in [-0.2, 0) is 15.7 Å². The Morgan fingerprint density at radius 2 is 1.62 bits per heavy atom. The molecule has 3 heterocycles. The van der Waals surface area contributed by atoms with Gasteiger partial charge in [0, 0.05) is 27.3 Å². The molecule has 1 amide bonds. The second-order valence-electron chi connectivity index (χ2n) is 10.8. The molecule has 0 saturated carbocycles. The molecule has 4 atom stereocenters. The van der Waals surface area contributed by atoms with Crippen molar-refractivity contribution in [2.24, 2.45) is 5.92 Å². The number of benzene rings is 4. The summed E-state index contributed by atoms with van der Waals surface area (Å²) in [7, 11) is 0. The highest BCUT2D eigenvalue weighted by atomic mass is 79.9. The molecule has 1 aliphatic carbocycles. The zero-order chi connectivity index (χ0) is 25.8. The number of amides is 1. The van der Waals surface area contributed by atoms with Crippen LogP contribution >= 0.6 is 15.9 Å². The third kappa shape index (κ3) is 2.70. The number of carbonyl (C=O) groups is 3.